The second-order valence-corrected chi connectivity index (χ2v) is 2.43. The molecule has 0 bridgehead atoms. The average molecular weight is 152 g/mol. The Bertz CT molecular complexity index is 216. The van der Waals surface area contributed by atoms with Gasteiger partial charge in [-0.05, 0) is 12.1 Å². The molecule has 1 rings (SSSR count). The molecule has 2 N–H and O–H groups in total. The number of H-pyrrole nitrogens is 1. The van der Waals surface area contributed by atoms with Crippen LogP contribution in [0.2, 0.25) is 0 Å². The van der Waals surface area contributed by atoms with Crippen molar-refractivity contribution in [2.45, 2.75) is 13.3 Å². The van der Waals surface area contributed by atoms with Gasteiger partial charge < -0.3 is 10.3 Å². The lowest BCUT2D eigenvalue weighted by Gasteiger charge is -1.98. The highest BCUT2D eigenvalue weighted by atomic mass is 16.1. The second-order valence-electron chi connectivity index (χ2n) is 2.43. The molecule has 60 valence electrons. The second kappa shape index (κ2) is 3.81. The molecule has 0 aliphatic rings. The van der Waals surface area contributed by atoms with E-state index in [0.29, 0.717) is 6.54 Å². The van der Waals surface area contributed by atoms with Crippen molar-refractivity contribution in [1.29, 1.82) is 0 Å². The monoisotopic (exact) mass is 152 g/mol. The van der Waals surface area contributed by atoms with Crippen molar-refractivity contribution in [3.8, 4) is 0 Å². The first-order valence-electron chi connectivity index (χ1n) is 3.66. The number of carbonyl (C=O) groups excluding carboxylic acids is 1. The molecule has 0 saturated carbocycles. The maximum atomic E-state index is 10.5. The van der Waals surface area contributed by atoms with Crippen molar-refractivity contribution in [3.05, 3.63) is 24.0 Å². The fourth-order valence-electron chi connectivity index (χ4n) is 0.896. The summed E-state index contributed by atoms with van der Waals surface area (Å²) in [4.78, 5) is 13.5. The molecule has 1 aromatic heterocycles. The summed E-state index contributed by atoms with van der Waals surface area (Å²) in [6.45, 7) is 2.23. The molecule has 1 amide bonds. The van der Waals surface area contributed by atoms with Gasteiger partial charge >= 0.3 is 0 Å². The smallest absolute Gasteiger partial charge is 0.216 e. The first-order chi connectivity index (χ1) is 5.29. The Morgan fingerprint density at radius 3 is 3.09 bits per heavy atom. The summed E-state index contributed by atoms with van der Waals surface area (Å²) < 4.78 is 0. The number of nitrogens with one attached hydrogen (secondary N) is 2. The Morgan fingerprint density at radius 2 is 2.55 bits per heavy atom. The molecule has 3 nitrogen and oxygen atoms in total. The van der Waals surface area contributed by atoms with E-state index in [4.69, 9.17) is 0 Å². The van der Waals surface area contributed by atoms with Crippen molar-refractivity contribution in [2.75, 3.05) is 6.54 Å². The van der Waals surface area contributed by atoms with Crippen LogP contribution < -0.4 is 5.32 Å². The van der Waals surface area contributed by atoms with Crippen LogP contribution in [0.1, 0.15) is 12.6 Å². The third-order valence-electron chi connectivity index (χ3n) is 1.43. The first kappa shape index (κ1) is 7.85. The quantitative estimate of drug-likeness (QED) is 0.657. The number of aromatic amines is 1. The van der Waals surface area contributed by atoms with Gasteiger partial charge in [-0.3, -0.25) is 4.79 Å². The Morgan fingerprint density at radius 1 is 1.73 bits per heavy atom. The van der Waals surface area contributed by atoms with Crippen LogP contribution in [0.3, 0.4) is 0 Å². The largest absolute Gasteiger partial charge is 0.365 e. The maximum Gasteiger partial charge on any atom is 0.216 e. The van der Waals surface area contributed by atoms with E-state index < -0.39 is 0 Å². The third kappa shape index (κ3) is 2.89. The molecule has 0 aliphatic heterocycles. The number of carbonyl (C=O) groups is 1. The summed E-state index contributed by atoms with van der Waals surface area (Å²) in [5, 5.41) is 2.72. The third-order valence-corrected chi connectivity index (χ3v) is 1.43. The highest BCUT2D eigenvalue weighted by molar-refractivity contribution is 5.72. The number of amides is 1. The predicted molar refractivity (Wildman–Crippen MR) is 43.2 cm³/mol. The molecule has 0 saturated heterocycles. The molecule has 0 radical (unpaired) electrons. The van der Waals surface area contributed by atoms with Crippen LogP contribution in [-0.4, -0.2) is 17.4 Å². The minimum absolute atomic E-state index is 0.0246. The highest BCUT2D eigenvalue weighted by Gasteiger charge is 1.92. The molecule has 0 fully saturated rings. The zero-order valence-electron chi connectivity index (χ0n) is 6.55. The minimum Gasteiger partial charge on any atom is -0.365 e. The Balaban J connectivity index is 2.19. The van der Waals surface area contributed by atoms with Gasteiger partial charge in [-0.25, -0.2) is 0 Å². The van der Waals surface area contributed by atoms with Crippen LogP contribution in [-0.2, 0) is 11.2 Å². The SMILES string of the molecule is CC(=O)NCCc1ccc[nH]1. The Hall–Kier alpha value is -1.25. The topological polar surface area (TPSA) is 44.9 Å². The van der Waals surface area contributed by atoms with Gasteiger partial charge in [0.25, 0.3) is 0 Å². The molecule has 0 aliphatic carbocycles. The zero-order valence-corrected chi connectivity index (χ0v) is 6.55. The van der Waals surface area contributed by atoms with E-state index in [2.05, 4.69) is 10.3 Å². The summed E-state index contributed by atoms with van der Waals surface area (Å²) in [5.74, 6) is 0.0246. The van der Waals surface area contributed by atoms with Crippen LogP contribution >= 0.6 is 0 Å². The molecule has 1 heterocycles. The van der Waals surface area contributed by atoms with Gasteiger partial charge in [-0.15, -0.1) is 0 Å². The van der Waals surface area contributed by atoms with E-state index >= 15 is 0 Å². The van der Waals surface area contributed by atoms with Gasteiger partial charge in [0.05, 0.1) is 0 Å². The van der Waals surface area contributed by atoms with Crippen molar-refractivity contribution in [2.24, 2.45) is 0 Å². The molecule has 0 aromatic carbocycles. The molecular weight excluding hydrogens is 140 g/mol. The van der Waals surface area contributed by atoms with E-state index in [1.807, 2.05) is 18.3 Å². The van der Waals surface area contributed by atoms with E-state index in [1.165, 1.54) is 6.92 Å². The van der Waals surface area contributed by atoms with Crippen LogP contribution in [0.15, 0.2) is 18.3 Å². The molecular formula is C8H12N2O. The minimum atomic E-state index is 0.0246. The number of rotatable bonds is 3. The maximum absolute atomic E-state index is 10.5. The van der Waals surface area contributed by atoms with Crippen LogP contribution in [0, 0.1) is 0 Å². The van der Waals surface area contributed by atoms with Gasteiger partial charge in [-0.1, -0.05) is 0 Å². The van der Waals surface area contributed by atoms with Gasteiger partial charge in [0.2, 0.25) is 5.91 Å². The van der Waals surface area contributed by atoms with Crippen molar-refractivity contribution >= 4 is 5.91 Å². The van der Waals surface area contributed by atoms with Crippen molar-refractivity contribution < 1.29 is 4.79 Å². The van der Waals surface area contributed by atoms with Gasteiger partial charge in [0.15, 0.2) is 0 Å². The number of hydrogen-bond donors (Lipinski definition) is 2. The molecule has 0 unspecified atom stereocenters. The van der Waals surface area contributed by atoms with Gasteiger partial charge in [0, 0.05) is 31.8 Å². The van der Waals surface area contributed by atoms with Crippen LogP contribution in [0.25, 0.3) is 0 Å². The van der Waals surface area contributed by atoms with Gasteiger partial charge in [-0.2, -0.15) is 0 Å². The summed E-state index contributed by atoms with van der Waals surface area (Å²) >= 11 is 0. The lowest BCUT2D eigenvalue weighted by atomic mass is 10.3. The summed E-state index contributed by atoms with van der Waals surface area (Å²) in [6.07, 6.45) is 2.75. The Kier molecular flexibility index (Phi) is 2.72. The first-order valence-corrected chi connectivity index (χ1v) is 3.66. The van der Waals surface area contributed by atoms with E-state index in [9.17, 15) is 4.79 Å². The molecule has 3 heteroatoms. The summed E-state index contributed by atoms with van der Waals surface area (Å²) in [7, 11) is 0. The average Bonchev–Trinajstić information content (AvgIpc) is 2.39. The fourth-order valence-corrected chi connectivity index (χ4v) is 0.896. The standard InChI is InChI=1S/C8H12N2O/c1-7(11)9-6-4-8-3-2-5-10-8/h2-3,5,10H,4,6H2,1H3,(H,9,11). The molecule has 0 spiro atoms. The highest BCUT2D eigenvalue weighted by Crippen LogP contribution is 1.93. The van der Waals surface area contributed by atoms with E-state index in [-0.39, 0.29) is 5.91 Å². The lowest BCUT2D eigenvalue weighted by Crippen LogP contribution is -2.22. The summed E-state index contributed by atoms with van der Waals surface area (Å²) in [6, 6.07) is 3.95. The van der Waals surface area contributed by atoms with Crippen molar-refractivity contribution in [1.82, 2.24) is 10.3 Å². The van der Waals surface area contributed by atoms with Gasteiger partial charge in [0.1, 0.15) is 0 Å². The fraction of sp³-hybridized carbons (Fsp3) is 0.375. The zero-order chi connectivity index (χ0) is 8.10. The summed E-state index contributed by atoms with van der Waals surface area (Å²) in [5.41, 5.74) is 1.15. The van der Waals surface area contributed by atoms with E-state index in [0.717, 1.165) is 12.1 Å². The molecule has 11 heavy (non-hydrogen) atoms. The normalized spacial score (nSPS) is 9.55. The van der Waals surface area contributed by atoms with E-state index in [1.54, 1.807) is 0 Å². The molecule has 0 atom stereocenters. The molecule has 1 aromatic rings. The lowest BCUT2D eigenvalue weighted by molar-refractivity contribution is -0.118. The number of hydrogen-bond acceptors (Lipinski definition) is 1. The Labute approximate surface area is 65.8 Å². The van der Waals surface area contributed by atoms with Crippen LogP contribution in [0.5, 0.6) is 0 Å². The number of aromatic nitrogens is 1. The van der Waals surface area contributed by atoms with Crippen molar-refractivity contribution in [3.63, 3.8) is 0 Å². The predicted octanol–water partition coefficient (Wildman–Crippen LogP) is 0.693. The van der Waals surface area contributed by atoms with Crippen LogP contribution in [0.4, 0.5) is 0 Å².